The van der Waals surface area contributed by atoms with Crippen molar-refractivity contribution >= 4 is 12.4 Å². The van der Waals surface area contributed by atoms with Crippen LogP contribution < -0.4 is 5.73 Å². The Morgan fingerprint density at radius 1 is 1.33 bits per heavy atom. The predicted molar refractivity (Wildman–Crippen MR) is 99.7 cm³/mol. The first-order chi connectivity index (χ1) is 11.1. The average molecular weight is 350 g/mol. The van der Waals surface area contributed by atoms with E-state index in [1.165, 1.54) is 24.1 Å². The van der Waals surface area contributed by atoms with Crippen LogP contribution in [0.2, 0.25) is 0 Å². The molecule has 0 bridgehead atoms. The van der Waals surface area contributed by atoms with E-state index in [0.29, 0.717) is 5.92 Å². The van der Waals surface area contributed by atoms with Gasteiger partial charge in [0.1, 0.15) is 0 Å². The summed E-state index contributed by atoms with van der Waals surface area (Å²) in [5.41, 5.74) is 9.71. The van der Waals surface area contributed by atoms with E-state index < -0.39 is 0 Å². The molecule has 0 spiro atoms. The van der Waals surface area contributed by atoms with E-state index in [0.717, 1.165) is 31.1 Å². The fourth-order valence-corrected chi connectivity index (χ4v) is 3.49. The number of nitrogens with zero attached hydrogens (tertiary/aromatic N) is 4. The second-order valence-electron chi connectivity index (χ2n) is 6.75. The molecule has 5 nitrogen and oxygen atoms in total. The van der Waals surface area contributed by atoms with E-state index >= 15 is 0 Å². The summed E-state index contributed by atoms with van der Waals surface area (Å²) >= 11 is 0. The van der Waals surface area contributed by atoms with E-state index in [9.17, 15) is 0 Å². The monoisotopic (exact) mass is 349 g/mol. The van der Waals surface area contributed by atoms with Crippen molar-refractivity contribution in [2.24, 2.45) is 11.7 Å². The van der Waals surface area contributed by atoms with Crippen LogP contribution in [0.15, 0.2) is 24.4 Å². The van der Waals surface area contributed by atoms with Crippen molar-refractivity contribution in [2.45, 2.75) is 46.2 Å². The SMILES string of the molecule is Cc1nn(-c2ccccn2)c(C)c1CN1CCCC(C(C)N)C1.Cl. The maximum absolute atomic E-state index is 6.11. The van der Waals surface area contributed by atoms with Crippen LogP contribution in [0.3, 0.4) is 0 Å². The molecule has 1 aliphatic rings. The molecule has 2 atom stereocenters. The molecule has 3 rings (SSSR count). The Bertz CT molecular complexity index is 653. The van der Waals surface area contributed by atoms with Crippen molar-refractivity contribution in [1.29, 1.82) is 0 Å². The summed E-state index contributed by atoms with van der Waals surface area (Å²) in [7, 11) is 0. The Kier molecular flexibility index (Phi) is 6.38. The van der Waals surface area contributed by atoms with Gasteiger partial charge < -0.3 is 5.73 Å². The van der Waals surface area contributed by atoms with Gasteiger partial charge in [-0.2, -0.15) is 5.10 Å². The molecule has 0 aromatic carbocycles. The molecule has 0 saturated carbocycles. The minimum Gasteiger partial charge on any atom is -0.328 e. The molecule has 6 heteroatoms. The van der Waals surface area contributed by atoms with E-state index in [4.69, 9.17) is 10.8 Å². The molecule has 2 unspecified atom stereocenters. The molecule has 0 amide bonds. The van der Waals surface area contributed by atoms with Gasteiger partial charge in [0.15, 0.2) is 5.82 Å². The van der Waals surface area contributed by atoms with Crippen molar-refractivity contribution in [3.63, 3.8) is 0 Å². The van der Waals surface area contributed by atoms with Gasteiger partial charge in [0.05, 0.1) is 5.69 Å². The van der Waals surface area contributed by atoms with Crippen LogP contribution in [0.4, 0.5) is 0 Å². The van der Waals surface area contributed by atoms with Crippen LogP contribution in [-0.4, -0.2) is 38.8 Å². The van der Waals surface area contributed by atoms with Gasteiger partial charge in [0, 0.05) is 36.6 Å². The highest BCUT2D eigenvalue weighted by atomic mass is 35.5. The number of halogens is 1. The molecule has 1 aliphatic heterocycles. The van der Waals surface area contributed by atoms with Crippen LogP contribution >= 0.6 is 12.4 Å². The second-order valence-corrected chi connectivity index (χ2v) is 6.75. The molecule has 1 fully saturated rings. The lowest BCUT2D eigenvalue weighted by Crippen LogP contribution is -2.42. The highest BCUT2D eigenvalue weighted by Crippen LogP contribution is 2.23. The van der Waals surface area contributed by atoms with E-state index in [-0.39, 0.29) is 18.4 Å². The normalized spacial score (nSPS) is 19.8. The molecule has 3 heterocycles. The summed E-state index contributed by atoms with van der Waals surface area (Å²) in [5.74, 6) is 1.49. The number of rotatable bonds is 4. The minimum atomic E-state index is 0. The number of hydrogen-bond acceptors (Lipinski definition) is 4. The number of piperidine rings is 1. The van der Waals surface area contributed by atoms with Gasteiger partial charge in [-0.25, -0.2) is 9.67 Å². The Balaban J connectivity index is 0.00000208. The van der Waals surface area contributed by atoms with Gasteiger partial charge in [0.2, 0.25) is 0 Å². The summed E-state index contributed by atoms with van der Waals surface area (Å²) in [6.07, 6.45) is 4.29. The lowest BCUT2D eigenvalue weighted by atomic mass is 9.92. The third-order valence-corrected chi connectivity index (χ3v) is 4.97. The van der Waals surface area contributed by atoms with E-state index in [2.05, 4.69) is 30.7 Å². The highest BCUT2D eigenvalue weighted by molar-refractivity contribution is 5.85. The van der Waals surface area contributed by atoms with Crippen molar-refractivity contribution in [3.8, 4) is 5.82 Å². The predicted octanol–water partition coefficient (Wildman–Crippen LogP) is 2.87. The smallest absolute Gasteiger partial charge is 0.153 e. The Hall–Kier alpha value is -1.43. The number of nitrogens with two attached hydrogens (primary N) is 1. The molecular weight excluding hydrogens is 322 g/mol. The number of pyridine rings is 1. The molecule has 24 heavy (non-hydrogen) atoms. The maximum Gasteiger partial charge on any atom is 0.153 e. The number of aromatic nitrogens is 3. The van der Waals surface area contributed by atoms with Gasteiger partial charge >= 0.3 is 0 Å². The van der Waals surface area contributed by atoms with Gasteiger partial charge in [-0.1, -0.05) is 6.07 Å². The zero-order valence-electron chi connectivity index (χ0n) is 14.8. The summed E-state index contributed by atoms with van der Waals surface area (Å²) in [6.45, 7) is 9.55. The third-order valence-electron chi connectivity index (χ3n) is 4.97. The van der Waals surface area contributed by atoms with Gasteiger partial charge in [0.25, 0.3) is 0 Å². The van der Waals surface area contributed by atoms with Crippen molar-refractivity contribution in [1.82, 2.24) is 19.7 Å². The standard InChI is InChI=1S/C18H27N5.ClH/c1-13(19)16-7-6-10-22(11-16)12-17-14(2)21-23(15(17)3)18-8-4-5-9-20-18;/h4-5,8-9,13,16H,6-7,10-12,19H2,1-3H3;1H. The Morgan fingerprint density at radius 3 is 2.79 bits per heavy atom. The highest BCUT2D eigenvalue weighted by Gasteiger charge is 2.24. The molecule has 1 saturated heterocycles. The van der Waals surface area contributed by atoms with Gasteiger partial charge in [-0.15, -0.1) is 12.4 Å². The first-order valence-electron chi connectivity index (χ1n) is 8.50. The largest absolute Gasteiger partial charge is 0.328 e. The van der Waals surface area contributed by atoms with Gasteiger partial charge in [-0.3, -0.25) is 4.90 Å². The summed E-state index contributed by atoms with van der Waals surface area (Å²) in [4.78, 5) is 6.94. The molecular formula is C18H28ClN5. The molecule has 132 valence electrons. The molecule has 0 radical (unpaired) electrons. The first-order valence-corrected chi connectivity index (χ1v) is 8.50. The second kappa shape index (κ2) is 8.10. The molecule has 2 aromatic heterocycles. The molecule has 0 aliphatic carbocycles. The van der Waals surface area contributed by atoms with E-state index in [1.807, 2.05) is 29.1 Å². The van der Waals surface area contributed by atoms with Crippen LogP contribution in [0.25, 0.3) is 5.82 Å². The average Bonchev–Trinajstić information content (AvgIpc) is 2.84. The van der Waals surface area contributed by atoms with Crippen LogP contribution in [0, 0.1) is 19.8 Å². The van der Waals surface area contributed by atoms with Crippen LogP contribution in [-0.2, 0) is 6.54 Å². The van der Waals surface area contributed by atoms with Crippen LogP contribution in [0.1, 0.15) is 36.7 Å². The van der Waals surface area contributed by atoms with E-state index in [1.54, 1.807) is 0 Å². The Labute approximate surface area is 150 Å². The number of likely N-dealkylation sites (tertiary alicyclic amines) is 1. The van der Waals surface area contributed by atoms with Crippen LogP contribution in [0.5, 0.6) is 0 Å². The fourth-order valence-electron chi connectivity index (χ4n) is 3.49. The summed E-state index contributed by atoms with van der Waals surface area (Å²) in [5, 5.41) is 4.70. The maximum atomic E-state index is 6.11. The van der Waals surface area contributed by atoms with Crippen molar-refractivity contribution < 1.29 is 0 Å². The Morgan fingerprint density at radius 2 is 2.12 bits per heavy atom. The zero-order valence-corrected chi connectivity index (χ0v) is 15.6. The number of hydrogen-bond donors (Lipinski definition) is 1. The third kappa shape index (κ3) is 3.97. The lowest BCUT2D eigenvalue weighted by Gasteiger charge is -2.34. The zero-order chi connectivity index (χ0) is 16.4. The number of aryl methyl sites for hydroxylation is 1. The minimum absolute atomic E-state index is 0. The van der Waals surface area contributed by atoms with Crippen molar-refractivity contribution in [3.05, 3.63) is 41.3 Å². The van der Waals surface area contributed by atoms with Gasteiger partial charge in [-0.05, 0) is 58.2 Å². The van der Waals surface area contributed by atoms with Crippen molar-refractivity contribution in [2.75, 3.05) is 13.1 Å². The molecule has 2 N–H and O–H groups in total. The topological polar surface area (TPSA) is 60.0 Å². The quantitative estimate of drug-likeness (QED) is 0.922. The summed E-state index contributed by atoms with van der Waals surface area (Å²) in [6, 6.07) is 6.20. The molecule has 2 aromatic rings. The summed E-state index contributed by atoms with van der Waals surface area (Å²) < 4.78 is 1.96. The lowest BCUT2D eigenvalue weighted by molar-refractivity contribution is 0.154. The first kappa shape index (κ1) is 18.9. The fraction of sp³-hybridized carbons (Fsp3) is 0.556.